The van der Waals surface area contributed by atoms with E-state index in [9.17, 15) is 24.9 Å². The number of piperidine rings is 1. The Bertz CT molecular complexity index is 914. The van der Waals surface area contributed by atoms with E-state index in [-0.39, 0.29) is 17.5 Å². The molecule has 0 aromatic heterocycles. The molecule has 0 bridgehead atoms. The summed E-state index contributed by atoms with van der Waals surface area (Å²) in [7, 11) is 0. The Kier molecular flexibility index (Phi) is 7.23. The van der Waals surface area contributed by atoms with E-state index in [1.54, 1.807) is 4.90 Å². The number of hydrogen-bond acceptors (Lipinski definition) is 6. The van der Waals surface area contributed by atoms with Gasteiger partial charge in [-0.05, 0) is 49.9 Å². The molecular formula is C23H28N2O6. The highest BCUT2D eigenvalue weighted by Gasteiger charge is 2.24. The molecule has 3 rings (SSSR count). The van der Waals surface area contributed by atoms with Crippen LogP contribution in [0.1, 0.15) is 41.6 Å². The number of carbonyl (C=O) groups excluding carboxylic acids is 2. The zero-order valence-corrected chi connectivity index (χ0v) is 17.5. The Morgan fingerprint density at radius 2 is 1.74 bits per heavy atom. The summed E-state index contributed by atoms with van der Waals surface area (Å²) in [4.78, 5) is 26.6. The summed E-state index contributed by atoms with van der Waals surface area (Å²) in [6, 6.07) is 9.86. The number of nitrogens with one attached hydrogen (secondary N) is 1. The first kappa shape index (κ1) is 22.3. The fourth-order valence-corrected chi connectivity index (χ4v) is 3.56. The fraction of sp³-hybridized carbons (Fsp3) is 0.391. The molecule has 1 aliphatic rings. The predicted octanol–water partition coefficient (Wildman–Crippen LogP) is 2.69. The largest absolute Gasteiger partial charge is 0.504 e. The standard InChI is InChI=1S/C23H28N2O6/c1-15-5-2-3-6-20(15)31-12-4-7-21(28)25-10-8-17(9-11-25)24-23(30)16-13-18(26)22(29)19(27)14-16/h2-3,5-6,13-14,17,26-27,29H,4,7-12H2,1H3,(H,24,30). The van der Waals surface area contributed by atoms with E-state index >= 15 is 0 Å². The highest BCUT2D eigenvalue weighted by atomic mass is 16.5. The minimum absolute atomic E-state index is 0.0555. The van der Waals surface area contributed by atoms with Gasteiger partial charge in [0, 0.05) is 31.1 Å². The summed E-state index contributed by atoms with van der Waals surface area (Å²) >= 11 is 0. The van der Waals surface area contributed by atoms with Crippen LogP contribution in [0.5, 0.6) is 23.0 Å². The van der Waals surface area contributed by atoms with Crippen LogP contribution in [0.25, 0.3) is 0 Å². The van der Waals surface area contributed by atoms with E-state index in [1.165, 1.54) is 0 Å². The second-order valence-corrected chi connectivity index (χ2v) is 7.71. The third-order valence-electron chi connectivity index (χ3n) is 5.40. The van der Waals surface area contributed by atoms with Crippen molar-refractivity contribution < 1.29 is 29.6 Å². The molecule has 0 spiro atoms. The molecular weight excluding hydrogens is 400 g/mol. The van der Waals surface area contributed by atoms with Gasteiger partial charge in [-0.2, -0.15) is 0 Å². The van der Waals surface area contributed by atoms with Gasteiger partial charge in [-0.1, -0.05) is 18.2 Å². The average Bonchev–Trinajstić information content (AvgIpc) is 2.76. The van der Waals surface area contributed by atoms with Crippen LogP contribution in [0, 0.1) is 6.92 Å². The number of benzene rings is 2. The molecule has 2 aromatic rings. The van der Waals surface area contributed by atoms with Gasteiger partial charge >= 0.3 is 0 Å². The summed E-state index contributed by atoms with van der Waals surface area (Å²) in [6.45, 7) is 3.56. The second-order valence-electron chi connectivity index (χ2n) is 7.71. The van der Waals surface area contributed by atoms with Crippen LogP contribution in [-0.2, 0) is 4.79 Å². The maximum Gasteiger partial charge on any atom is 0.251 e. The number of nitrogens with zero attached hydrogens (tertiary/aromatic N) is 1. The molecule has 1 saturated heterocycles. The van der Waals surface area contributed by atoms with Gasteiger partial charge in [-0.15, -0.1) is 0 Å². The number of phenolic OH excluding ortho intramolecular Hbond substituents is 3. The van der Waals surface area contributed by atoms with Crippen molar-refractivity contribution in [3.8, 4) is 23.0 Å². The number of aryl methyl sites for hydroxylation is 1. The van der Waals surface area contributed by atoms with E-state index in [1.807, 2.05) is 31.2 Å². The van der Waals surface area contributed by atoms with Crippen molar-refractivity contribution in [2.45, 2.75) is 38.6 Å². The van der Waals surface area contributed by atoms with Crippen LogP contribution in [0.4, 0.5) is 0 Å². The van der Waals surface area contributed by atoms with Gasteiger partial charge in [-0.3, -0.25) is 9.59 Å². The van der Waals surface area contributed by atoms with Gasteiger partial charge in [-0.25, -0.2) is 0 Å². The molecule has 4 N–H and O–H groups in total. The molecule has 1 heterocycles. The summed E-state index contributed by atoms with van der Waals surface area (Å²) in [5.41, 5.74) is 1.12. The number of amides is 2. The molecule has 2 aromatic carbocycles. The van der Waals surface area contributed by atoms with Crippen molar-refractivity contribution >= 4 is 11.8 Å². The van der Waals surface area contributed by atoms with Crippen LogP contribution in [0.15, 0.2) is 36.4 Å². The predicted molar refractivity (Wildman–Crippen MR) is 114 cm³/mol. The number of rotatable bonds is 7. The minimum atomic E-state index is -0.660. The second kappa shape index (κ2) is 10.1. The lowest BCUT2D eigenvalue weighted by atomic mass is 10.0. The van der Waals surface area contributed by atoms with Gasteiger partial charge in [0.05, 0.1) is 6.61 Å². The third kappa shape index (κ3) is 5.81. The Hall–Kier alpha value is -3.42. The topological polar surface area (TPSA) is 119 Å². The summed E-state index contributed by atoms with van der Waals surface area (Å²) in [5, 5.41) is 31.3. The molecule has 0 atom stereocenters. The first-order valence-corrected chi connectivity index (χ1v) is 10.4. The van der Waals surface area contributed by atoms with E-state index in [2.05, 4.69) is 5.32 Å². The molecule has 0 aliphatic carbocycles. The fourth-order valence-electron chi connectivity index (χ4n) is 3.56. The lowest BCUT2D eigenvalue weighted by Gasteiger charge is -2.32. The molecule has 31 heavy (non-hydrogen) atoms. The number of carbonyl (C=O) groups is 2. The molecule has 8 heteroatoms. The number of ether oxygens (including phenoxy) is 1. The molecule has 0 saturated carbocycles. The normalized spacial score (nSPS) is 14.3. The summed E-state index contributed by atoms with van der Waals surface area (Å²) in [5.74, 6) is -1.32. The monoisotopic (exact) mass is 428 g/mol. The number of phenols is 3. The number of hydrogen-bond donors (Lipinski definition) is 4. The maximum absolute atomic E-state index is 12.4. The van der Waals surface area contributed by atoms with Crippen molar-refractivity contribution in [2.24, 2.45) is 0 Å². The van der Waals surface area contributed by atoms with Crippen molar-refractivity contribution in [1.82, 2.24) is 10.2 Å². The Morgan fingerprint density at radius 3 is 2.39 bits per heavy atom. The summed E-state index contributed by atoms with van der Waals surface area (Å²) < 4.78 is 5.73. The smallest absolute Gasteiger partial charge is 0.251 e. The minimum Gasteiger partial charge on any atom is -0.504 e. The van der Waals surface area contributed by atoms with Crippen LogP contribution >= 0.6 is 0 Å². The van der Waals surface area contributed by atoms with Crippen LogP contribution in [-0.4, -0.2) is 57.8 Å². The van der Waals surface area contributed by atoms with Crippen LogP contribution < -0.4 is 10.1 Å². The van der Waals surface area contributed by atoms with Gasteiger partial charge in [0.25, 0.3) is 5.91 Å². The van der Waals surface area contributed by atoms with Crippen molar-refractivity contribution in [3.05, 3.63) is 47.5 Å². The van der Waals surface area contributed by atoms with E-state index < -0.39 is 23.2 Å². The Balaban J connectivity index is 1.39. The quantitative estimate of drug-likeness (QED) is 0.398. The van der Waals surface area contributed by atoms with Crippen molar-refractivity contribution in [3.63, 3.8) is 0 Å². The number of aromatic hydroxyl groups is 3. The van der Waals surface area contributed by atoms with Crippen LogP contribution in [0.3, 0.4) is 0 Å². The number of para-hydroxylation sites is 1. The van der Waals surface area contributed by atoms with Crippen molar-refractivity contribution in [1.29, 1.82) is 0 Å². The van der Waals surface area contributed by atoms with Gasteiger partial charge < -0.3 is 30.3 Å². The summed E-state index contributed by atoms with van der Waals surface area (Å²) in [6.07, 6.45) is 2.28. The highest BCUT2D eigenvalue weighted by molar-refractivity contribution is 5.95. The Morgan fingerprint density at radius 1 is 1.10 bits per heavy atom. The van der Waals surface area contributed by atoms with Gasteiger partial charge in [0.2, 0.25) is 5.91 Å². The van der Waals surface area contributed by atoms with Gasteiger partial charge in [0.1, 0.15) is 5.75 Å². The van der Waals surface area contributed by atoms with Crippen LogP contribution in [0.2, 0.25) is 0 Å². The zero-order chi connectivity index (χ0) is 22.4. The van der Waals surface area contributed by atoms with Gasteiger partial charge in [0.15, 0.2) is 17.2 Å². The average molecular weight is 428 g/mol. The third-order valence-corrected chi connectivity index (χ3v) is 5.40. The SMILES string of the molecule is Cc1ccccc1OCCCC(=O)N1CCC(NC(=O)c2cc(O)c(O)c(O)c2)CC1. The Labute approximate surface area is 181 Å². The molecule has 1 aliphatic heterocycles. The zero-order valence-electron chi connectivity index (χ0n) is 17.5. The molecule has 0 radical (unpaired) electrons. The molecule has 166 valence electrons. The van der Waals surface area contributed by atoms with E-state index in [4.69, 9.17) is 4.74 Å². The van der Waals surface area contributed by atoms with E-state index in [0.29, 0.717) is 45.4 Å². The molecule has 1 fully saturated rings. The van der Waals surface area contributed by atoms with Crippen molar-refractivity contribution in [2.75, 3.05) is 19.7 Å². The molecule has 0 unspecified atom stereocenters. The molecule has 2 amide bonds. The first-order valence-electron chi connectivity index (χ1n) is 10.4. The first-order chi connectivity index (χ1) is 14.8. The molecule has 8 nitrogen and oxygen atoms in total. The van der Waals surface area contributed by atoms with E-state index in [0.717, 1.165) is 23.4 Å². The maximum atomic E-state index is 12.4. The highest BCUT2D eigenvalue weighted by Crippen LogP contribution is 2.35. The lowest BCUT2D eigenvalue weighted by Crippen LogP contribution is -2.46. The lowest BCUT2D eigenvalue weighted by molar-refractivity contribution is -0.132. The number of likely N-dealkylation sites (tertiary alicyclic amines) is 1.